The lowest BCUT2D eigenvalue weighted by molar-refractivity contribution is 0.888. The van der Waals surface area contributed by atoms with Crippen molar-refractivity contribution in [2.75, 3.05) is 0 Å². The fourth-order valence-corrected chi connectivity index (χ4v) is 3.42. The van der Waals surface area contributed by atoms with Crippen LogP contribution in [0.3, 0.4) is 0 Å². The maximum atomic E-state index is 12.7. The Kier molecular flexibility index (Phi) is 3.32. The minimum Gasteiger partial charge on any atom is -0.284 e. The lowest BCUT2D eigenvalue weighted by atomic mass is 9.96. The molecule has 0 fully saturated rings. The first-order chi connectivity index (χ1) is 10.1. The summed E-state index contributed by atoms with van der Waals surface area (Å²) in [4.78, 5) is 12.7. The zero-order chi connectivity index (χ0) is 15.1. The van der Waals surface area contributed by atoms with Crippen LogP contribution >= 0.6 is 0 Å². The number of aromatic nitrogens is 1. The first-order valence-electron chi connectivity index (χ1n) is 7.55. The molecule has 0 saturated carbocycles. The Balaban J connectivity index is 2.27. The predicted octanol–water partition coefficient (Wildman–Crippen LogP) is 3.97. The number of pyridine rings is 1. The van der Waals surface area contributed by atoms with Gasteiger partial charge in [0.25, 0.3) is 5.56 Å². The molecule has 0 unspecified atom stereocenters. The van der Waals surface area contributed by atoms with Crippen LogP contribution in [0.15, 0.2) is 35.1 Å². The van der Waals surface area contributed by atoms with E-state index in [1.165, 1.54) is 22.4 Å². The average molecular weight is 279 g/mol. The molecule has 1 aromatic carbocycles. The van der Waals surface area contributed by atoms with Crippen LogP contribution in [0, 0.1) is 13.8 Å². The SMILES string of the molecule is CCc1c(C)c(C)c(=O)n2c1CC(c1ccccc1)=C2C. The third-order valence-corrected chi connectivity index (χ3v) is 4.75. The molecule has 108 valence electrons. The van der Waals surface area contributed by atoms with Gasteiger partial charge < -0.3 is 0 Å². The molecule has 2 heterocycles. The van der Waals surface area contributed by atoms with Gasteiger partial charge in [-0.05, 0) is 49.5 Å². The van der Waals surface area contributed by atoms with Crippen molar-refractivity contribution < 1.29 is 0 Å². The first-order valence-corrected chi connectivity index (χ1v) is 7.55. The van der Waals surface area contributed by atoms with Crippen LogP contribution < -0.4 is 5.56 Å². The summed E-state index contributed by atoms with van der Waals surface area (Å²) in [6.07, 6.45) is 1.83. The summed E-state index contributed by atoms with van der Waals surface area (Å²) in [6.45, 7) is 8.25. The summed E-state index contributed by atoms with van der Waals surface area (Å²) in [6, 6.07) is 10.4. The van der Waals surface area contributed by atoms with Gasteiger partial charge in [-0.1, -0.05) is 37.3 Å². The van der Waals surface area contributed by atoms with Gasteiger partial charge in [0.05, 0.1) is 0 Å². The Bertz CT molecular complexity index is 795. The second kappa shape index (κ2) is 5.03. The summed E-state index contributed by atoms with van der Waals surface area (Å²) in [5, 5.41) is 0. The van der Waals surface area contributed by atoms with Crippen molar-refractivity contribution in [1.82, 2.24) is 4.57 Å². The van der Waals surface area contributed by atoms with E-state index in [4.69, 9.17) is 0 Å². The molecule has 1 aliphatic rings. The number of hydrogen-bond acceptors (Lipinski definition) is 1. The van der Waals surface area contributed by atoms with Crippen LogP contribution in [0.4, 0.5) is 0 Å². The molecule has 2 nitrogen and oxygen atoms in total. The van der Waals surface area contributed by atoms with E-state index in [0.717, 1.165) is 29.7 Å². The van der Waals surface area contributed by atoms with Gasteiger partial charge in [0.2, 0.25) is 0 Å². The molecule has 1 aliphatic heterocycles. The van der Waals surface area contributed by atoms with Crippen molar-refractivity contribution >= 4 is 11.3 Å². The standard InChI is InChI=1S/C19H21NO/c1-5-16-12(2)13(3)19(21)20-14(4)17(11-18(16)20)15-9-7-6-8-10-15/h6-10H,5,11H2,1-4H3. The van der Waals surface area contributed by atoms with Crippen LogP contribution in [0.1, 0.15) is 41.8 Å². The summed E-state index contributed by atoms with van der Waals surface area (Å²) >= 11 is 0. The molecule has 0 amide bonds. The molecule has 0 spiro atoms. The van der Waals surface area contributed by atoms with Crippen molar-refractivity contribution in [2.24, 2.45) is 0 Å². The van der Waals surface area contributed by atoms with E-state index in [1.807, 2.05) is 17.6 Å². The van der Waals surface area contributed by atoms with Crippen LogP contribution in [0.2, 0.25) is 0 Å². The Morgan fingerprint density at radius 3 is 2.33 bits per heavy atom. The Labute approximate surface area is 125 Å². The number of fused-ring (bicyclic) bond motifs is 1. The molecule has 3 rings (SSSR count). The van der Waals surface area contributed by atoms with E-state index in [9.17, 15) is 4.79 Å². The molecule has 0 atom stereocenters. The van der Waals surface area contributed by atoms with Crippen molar-refractivity contribution in [3.05, 3.63) is 68.6 Å². The molecular weight excluding hydrogens is 258 g/mol. The number of hydrogen-bond donors (Lipinski definition) is 0. The van der Waals surface area contributed by atoms with Gasteiger partial charge in [-0.3, -0.25) is 9.36 Å². The smallest absolute Gasteiger partial charge is 0.258 e. The highest BCUT2D eigenvalue weighted by Gasteiger charge is 2.25. The minimum atomic E-state index is 0.142. The van der Waals surface area contributed by atoms with Gasteiger partial charge >= 0.3 is 0 Å². The van der Waals surface area contributed by atoms with Gasteiger partial charge in [-0.25, -0.2) is 0 Å². The third kappa shape index (κ3) is 1.98. The highest BCUT2D eigenvalue weighted by molar-refractivity contribution is 5.87. The second-order valence-corrected chi connectivity index (χ2v) is 5.78. The largest absolute Gasteiger partial charge is 0.284 e. The van der Waals surface area contributed by atoms with E-state index in [-0.39, 0.29) is 5.56 Å². The molecule has 0 saturated heterocycles. The van der Waals surface area contributed by atoms with Gasteiger partial charge in [-0.2, -0.15) is 0 Å². The zero-order valence-corrected chi connectivity index (χ0v) is 13.2. The summed E-state index contributed by atoms with van der Waals surface area (Å²) in [5.41, 5.74) is 8.27. The minimum absolute atomic E-state index is 0.142. The zero-order valence-electron chi connectivity index (χ0n) is 13.2. The van der Waals surface area contributed by atoms with Crippen LogP contribution in [0.5, 0.6) is 0 Å². The topological polar surface area (TPSA) is 22.0 Å². The van der Waals surface area contributed by atoms with Crippen LogP contribution in [-0.2, 0) is 12.8 Å². The van der Waals surface area contributed by atoms with Crippen LogP contribution in [0.25, 0.3) is 11.3 Å². The predicted molar refractivity (Wildman–Crippen MR) is 88.5 cm³/mol. The van der Waals surface area contributed by atoms with E-state index in [2.05, 4.69) is 45.0 Å². The maximum Gasteiger partial charge on any atom is 0.258 e. The number of nitrogens with zero attached hydrogens (tertiary/aromatic N) is 1. The quantitative estimate of drug-likeness (QED) is 0.815. The van der Waals surface area contributed by atoms with Crippen molar-refractivity contribution in [2.45, 2.75) is 40.5 Å². The van der Waals surface area contributed by atoms with Crippen molar-refractivity contribution in [3.8, 4) is 0 Å². The normalized spacial score (nSPS) is 13.7. The van der Waals surface area contributed by atoms with E-state index < -0.39 is 0 Å². The van der Waals surface area contributed by atoms with E-state index in [0.29, 0.717) is 0 Å². The summed E-state index contributed by atoms with van der Waals surface area (Å²) in [5.74, 6) is 0. The first kappa shape index (κ1) is 13.9. The molecule has 0 aliphatic carbocycles. The van der Waals surface area contributed by atoms with Crippen molar-refractivity contribution in [1.29, 1.82) is 0 Å². The summed E-state index contributed by atoms with van der Waals surface area (Å²) < 4.78 is 1.93. The fraction of sp³-hybridized carbons (Fsp3) is 0.316. The average Bonchev–Trinajstić information content (AvgIpc) is 2.84. The summed E-state index contributed by atoms with van der Waals surface area (Å²) in [7, 11) is 0. The maximum absolute atomic E-state index is 12.7. The van der Waals surface area contributed by atoms with Gasteiger partial charge in [0, 0.05) is 23.4 Å². The molecule has 2 aromatic rings. The lowest BCUT2D eigenvalue weighted by Gasteiger charge is -2.15. The molecule has 0 radical (unpaired) electrons. The molecule has 21 heavy (non-hydrogen) atoms. The highest BCUT2D eigenvalue weighted by atomic mass is 16.1. The Morgan fingerprint density at radius 1 is 1.05 bits per heavy atom. The lowest BCUT2D eigenvalue weighted by Crippen LogP contribution is -2.24. The molecule has 0 bridgehead atoms. The fourth-order valence-electron chi connectivity index (χ4n) is 3.42. The molecule has 2 heteroatoms. The highest BCUT2D eigenvalue weighted by Crippen LogP contribution is 2.34. The van der Waals surface area contributed by atoms with Crippen LogP contribution in [-0.4, -0.2) is 4.57 Å². The molecule has 0 N–H and O–H groups in total. The van der Waals surface area contributed by atoms with E-state index >= 15 is 0 Å². The molecular formula is C19H21NO. The van der Waals surface area contributed by atoms with Gasteiger partial charge in [0.1, 0.15) is 0 Å². The third-order valence-electron chi connectivity index (χ3n) is 4.75. The van der Waals surface area contributed by atoms with Crippen molar-refractivity contribution in [3.63, 3.8) is 0 Å². The number of allylic oxidation sites excluding steroid dienone is 2. The Morgan fingerprint density at radius 2 is 1.71 bits per heavy atom. The van der Waals surface area contributed by atoms with Gasteiger partial charge in [-0.15, -0.1) is 0 Å². The van der Waals surface area contributed by atoms with E-state index in [1.54, 1.807) is 0 Å². The number of rotatable bonds is 2. The Hall–Kier alpha value is -2.09. The number of benzene rings is 1. The monoisotopic (exact) mass is 279 g/mol. The molecule has 1 aromatic heterocycles. The van der Waals surface area contributed by atoms with Gasteiger partial charge in [0.15, 0.2) is 0 Å². The second-order valence-electron chi connectivity index (χ2n) is 5.78.